The van der Waals surface area contributed by atoms with E-state index in [1.165, 1.54) is 11.1 Å². The van der Waals surface area contributed by atoms with Crippen molar-refractivity contribution >= 4 is 5.91 Å². The van der Waals surface area contributed by atoms with E-state index >= 15 is 0 Å². The molecule has 0 unspecified atom stereocenters. The van der Waals surface area contributed by atoms with Crippen molar-refractivity contribution in [2.45, 2.75) is 51.6 Å². The first-order chi connectivity index (χ1) is 14.6. The van der Waals surface area contributed by atoms with Gasteiger partial charge in [0, 0.05) is 12.5 Å². The lowest BCUT2D eigenvalue weighted by atomic mass is 9.88. The van der Waals surface area contributed by atoms with Crippen molar-refractivity contribution in [3.05, 3.63) is 59.2 Å². The molecular formula is C25H32N2O3. The van der Waals surface area contributed by atoms with Gasteiger partial charge in [-0.05, 0) is 54.0 Å². The Bertz CT molecular complexity index is 880. The highest BCUT2D eigenvalue weighted by atomic mass is 16.5. The third-order valence-corrected chi connectivity index (χ3v) is 5.98. The fraction of sp³-hybridized carbons (Fsp3) is 0.480. The fourth-order valence-corrected chi connectivity index (χ4v) is 4.46. The Labute approximate surface area is 179 Å². The average molecular weight is 409 g/mol. The van der Waals surface area contributed by atoms with E-state index < -0.39 is 0 Å². The molecule has 0 fully saturated rings. The topological polar surface area (TPSA) is 59.6 Å². The number of carbonyl (C=O) groups excluding carboxylic acids is 1. The van der Waals surface area contributed by atoms with Crippen LogP contribution in [-0.4, -0.2) is 25.7 Å². The predicted molar refractivity (Wildman–Crippen MR) is 118 cm³/mol. The Morgan fingerprint density at radius 2 is 1.87 bits per heavy atom. The van der Waals surface area contributed by atoms with Gasteiger partial charge in [0.1, 0.15) is 0 Å². The van der Waals surface area contributed by atoms with E-state index in [0.717, 1.165) is 42.7 Å². The molecule has 0 spiro atoms. The summed E-state index contributed by atoms with van der Waals surface area (Å²) >= 11 is 0. The smallest absolute Gasteiger partial charge is 0.234 e. The molecule has 1 aliphatic heterocycles. The summed E-state index contributed by atoms with van der Waals surface area (Å²) in [6.07, 6.45) is 4.10. The van der Waals surface area contributed by atoms with Crippen LogP contribution in [0.2, 0.25) is 0 Å². The van der Waals surface area contributed by atoms with E-state index in [-0.39, 0.29) is 24.5 Å². The normalized spacial score (nSPS) is 19.0. The molecule has 0 saturated heterocycles. The summed E-state index contributed by atoms with van der Waals surface area (Å²) in [5.74, 6) is 1.96. The van der Waals surface area contributed by atoms with Crippen molar-refractivity contribution in [3.63, 3.8) is 0 Å². The first kappa shape index (κ1) is 20.7. The highest BCUT2D eigenvalue weighted by molar-refractivity contribution is 5.78. The van der Waals surface area contributed by atoms with Gasteiger partial charge < -0.3 is 20.1 Å². The number of ether oxygens (including phenoxy) is 2. The Morgan fingerprint density at radius 1 is 1.07 bits per heavy atom. The van der Waals surface area contributed by atoms with Gasteiger partial charge in [0.05, 0.1) is 25.8 Å². The van der Waals surface area contributed by atoms with Gasteiger partial charge in [-0.15, -0.1) is 0 Å². The third kappa shape index (κ3) is 4.78. The molecule has 0 bridgehead atoms. The van der Waals surface area contributed by atoms with Gasteiger partial charge in [-0.1, -0.05) is 44.2 Å². The highest BCUT2D eigenvalue weighted by Gasteiger charge is 2.23. The number of hydrogen-bond acceptors (Lipinski definition) is 4. The van der Waals surface area contributed by atoms with Crippen LogP contribution in [0.5, 0.6) is 11.5 Å². The van der Waals surface area contributed by atoms with Crippen molar-refractivity contribution in [3.8, 4) is 11.5 Å². The van der Waals surface area contributed by atoms with Crippen molar-refractivity contribution in [2.24, 2.45) is 5.92 Å². The minimum absolute atomic E-state index is 0.0386. The zero-order valence-electron chi connectivity index (χ0n) is 17.9. The van der Waals surface area contributed by atoms with Gasteiger partial charge in [0.2, 0.25) is 5.91 Å². The van der Waals surface area contributed by atoms with Crippen LogP contribution in [0.4, 0.5) is 0 Å². The number of aryl methyl sites for hydroxylation is 1. The van der Waals surface area contributed by atoms with Crippen LogP contribution in [0.25, 0.3) is 0 Å². The van der Waals surface area contributed by atoms with E-state index in [1.807, 2.05) is 12.1 Å². The maximum atomic E-state index is 12.7. The molecule has 1 aliphatic carbocycles. The van der Waals surface area contributed by atoms with Gasteiger partial charge >= 0.3 is 0 Å². The average Bonchev–Trinajstić information content (AvgIpc) is 2.99. The van der Waals surface area contributed by atoms with Gasteiger partial charge in [-0.2, -0.15) is 0 Å². The molecule has 0 radical (unpaired) electrons. The van der Waals surface area contributed by atoms with Gasteiger partial charge in [0.15, 0.2) is 11.5 Å². The summed E-state index contributed by atoms with van der Waals surface area (Å²) in [7, 11) is 0. The highest BCUT2D eigenvalue weighted by Crippen LogP contribution is 2.34. The molecule has 1 amide bonds. The first-order valence-electron chi connectivity index (χ1n) is 11.1. The SMILES string of the molecule is CC(C)[C@@H](NCC(=O)N[C@@H]1CCCc2ccccc21)c1ccc2c(c1)OCCCO2. The Balaban J connectivity index is 1.40. The Kier molecular flexibility index (Phi) is 6.58. The van der Waals surface area contributed by atoms with Crippen molar-refractivity contribution in [1.29, 1.82) is 0 Å². The second-order valence-electron chi connectivity index (χ2n) is 8.57. The lowest BCUT2D eigenvalue weighted by Gasteiger charge is -2.27. The van der Waals surface area contributed by atoms with Crippen LogP contribution in [0.15, 0.2) is 42.5 Å². The minimum atomic E-state index is 0.0386. The maximum Gasteiger partial charge on any atom is 0.234 e. The molecule has 5 nitrogen and oxygen atoms in total. The molecule has 0 saturated carbocycles. The van der Waals surface area contributed by atoms with Crippen molar-refractivity contribution in [1.82, 2.24) is 10.6 Å². The summed E-state index contributed by atoms with van der Waals surface area (Å²) in [5.41, 5.74) is 3.74. The molecule has 2 aromatic carbocycles. The quantitative estimate of drug-likeness (QED) is 0.747. The maximum absolute atomic E-state index is 12.7. The minimum Gasteiger partial charge on any atom is -0.490 e. The fourth-order valence-electron chi connectivity index (χ4n) is 4.46. The summed E-state index contributed by atoms with van der Waals surface area (Å²) in [6, 6.07) is 14.7. The molecule has 160 valence electrons. The van der Waals surface area contributed by atoms with Crippen molar-refractivity contribution < 1.29 is 14.3 Å². The number of fused-ring (bicyclic) bond motifs is 2. The number of rotatable bonds is 6. The van der Waals surface area contributed by atoms with Crippen LogP contribution >= 0.6 is 0 Å². The molecule has 2 N–H and O–H groups in total. The molecular weight excluding hydrogens is 376 g/mol. The van der Waals surface area contributed by atoms with Crippen LogP contribution in [0.3, 0.4) is 0 Å². The van der Waals surface area contributed by atoms with Gasteiger partial charge in [0.25, 0.3) is 0 Å². The van der Waals surface area contributed by atoms with Crippen LogP contribution in [-0.2, 0) is 11.2 Å². The van der Waals surface area contributed by atoms with E-state index in [9.17, 15) is 4.79 Å². The molecule has 4 rings (SSSR count). The van der Waals surface area contributed by atoms with E-state index in [4.69, 9.17) is 9.47 Å². The number of carbonyl (C=O) groups is 1. The molecule has 2 atom stereocenters. The molecule has 0 aromatic heterocycles. The van der Waals surface area contributed by atoms with Crippen LogP contribution in [0.1, 0.15) is 61.9 Å². The number of amides is 1. The zero-order valence-corrected chi connectivity index (χ0v) is 17.9. The van der Waals surface area contributed by atoms with Gasteiger partial charge in [-0.25, -0.2) is 0 Å². The Morgan fingerprint density at radius 3 is 2.70 bits per heavy atom. The third-order valence-electron chi connectivity index (χ3n) is 5.98. The molecule has 1 heterocycles. The van der Waals surface area contributed by atoms with E-state index in [2.05, 4.69) is 54.8 Å². The summed E-state index contributed by atoms with van der Waals surface area (Å²) in [5, 5.41) is 6.70. The largest absolute Gasteiger partial charge is 0.490 e. The Hall–Kier alpha value is -2.53. The number of benzene rings is 2. The second kappa shape index (κ2) is 9.52. The van der Waals surface area contributed by atoms with Gasteiger partial charge in [-0.3, -0.25) is 4.79 Å². The molecule has 30 heavy (non-hydrogen) atoms. The monoisotopic (exact) mass is 408 g/mol. The summed E-state index contributed by atoms with van der Waals surface area (Å²) in [4.78, 5) is 12.7. The number of nitrogens with one attached hydrogen (secondary N) is 2. The van der Waals surface area contributed by atoms with E-state index in [1.54, 1.807) is 0 Å². The molecule has 2 aliphatic rings. The predicted octanol–water partition coefficient (Wildman–Crippen LogP) is 4.33. The number of hydrogen-bond donors (Lipinski definition) is 2. The van der Waals surface area contributed by atoms with Crippen LogP contribution in [0, 0.1) is 5.92 Å². The van der Waals surface area contributed by atoms with Crippen molar-refractivity contribution in [2.75, 3.05) is 19.8 Å². The lowest BCUT2D eigenvalue weighted by molar-refractivity contribution is -0.121. The second-order valence-corrected chi connectivity index (χ2v) is 8.57. The molecule has 2 aromatic rings. The zero-order chi connectivity index (χ0) is 20.9. The lowest BCUT2D eigenvalue weighted by Crippen LogP contribution is -2.39. The van der Waals surface area contributed by atoms with E-state index in [0.29, 0.717) is 19.1 Å². The van der Waals surface area contributed by atoms with Crippen LogP contribution < -0.4 is 20.1 Å². The summed E-state index contributed by atoms with van der Waals surface area (Å²) < 4.78 is 11.6. The molecule has 5 heteroatoms. The summed E-state index contributed by atoms with van der Waals surface area (Å²) in [6.45, 7) is 5.96. The standard InChI is InChI=1S/C25H32N2O3/c1-17(2)25(19-11-12-22-23(15-19)30-14-6-13-29-22)26-16-24(28)27-21-10-5-8-18-7-3-4-9-20(18)21/h3-4,7,9,11-12,15,17,21,25-26H,5-6,8,10,13-14,16H2,1-2H3,(H,27,28)/t21-,25-/m1/s1. The first-order valence-corrected chi connectivity index (χ1v) is 11.1.